The molecule has 3 heterocycles. The molecular weight excluding hydrogens is 262 g/mol. The fourth-order valence-electron chi connectivity index (χ4n) is 3.11. The third-order valence-electron chi connectivity index (χ3n) is 4.20. The minimum atomic E-state index is 0.319. The lowest BCUT2D eigenvalue weighted by Crippen LogP contribution is -2.31. The average Bonchev–Trinajstić information content (AvgIpc) is 2.89. The highest BCUT2D eigenvalue weighted by Gasteiger charge is 2.19. The van der Waals surface area contributed by atoms with Gasteiger partial charge in [-0.2, -0.15) is 4.98 Å². The summed E-state index contributed by atoms with van der Waals surface area (Å²) in [6.45, 7) is 4.03. The summed E-state index contributed by atoms with van der Waals surface area (Å²) in [6, 6.07) is 12.8. The Morgan fingerprint density at radius 2 is 1.90 bits per heavy atom. The molecule has 0 atom stereocenters. The molecule has 0 unspecified atom stereocenters. The van der Waals surface area contributed by atoms with Gasteiger partial charge in [-0.05, 0) is 36.6 Å². The number of aryl methyl sites for hydroxylation is 1. The molecular formula is C16H17N5. The first kappa shape index (κ1) is 12.2. The van der Waals surface area contributed by atoms with Crippen molar-refractivity contribution < 1.29 is 0 Å². The molecule has 3 aromatic rings. The number of rotatable bonds is 1. The third-order valence-corrected chi connectivity index (χ3v) is 4.20. The van der Waals surface area contributed by atoms with Gasteiger partial charge in [0, 0.05) is 13.1 Å². The molecule has 0 radical (unpaired) electrons. The van der Waals surface area contributed by atoms with E-state index in [1.807, 2.05) is 10.6 Å². The summed E-state index contributed by atoms with van der Waals surface area (Å²) in [5.74, 6) is 0.319. The molecule has 21 heavy (non-hydrogen) atoms. The molecule has 0 saturated carbocycles. The Morgan fingerprint density at radius 1 is 1.10 bits per heavy atom. The average molecular weight is 279 g/mol. The van der Waals surface area contributed by atoms with E-state index in [2.05, 4.69) is 52.2 Å². The Morgan fingerprint density at radius 3 is 2.76 bits per heavy atom. The van der Waals surface area contributed by atoms with Crippen LogP contribution in [0.15, 0.2) is 36.4 Å². The van der Waals surface area contributed by atoms with E-state index >= 15 is 0 Å². The number of fused-ring (bicyclic) bond motifs is 2. The summed E-state index contributed by atoms with van der Waals surface area (Å²) >= 11 is 0. The number of nitrogens with zero attached hydrogens (tertiary/aromatic N) is 4. The van der Waals surface area contributed by atoms with Crippen LogP contribution in [0, 0.1) is 6.92 Å². The number of anilines is 2. The molecule has 0 bridgehead atoms. The molecule has 0 amide bonds. The summed E-state index contributed by atoms with van der Waals surface area (Å²) in [5, 5.41) is 4.27. The van der Waals surface area contributed by atoms with Crippen LogP contribution in [0.1, 0.15) is 16.8 Å². The predicted octanol–water partition coefficient (Wildman–Crippen LogP) is 2.18. The lowest BCUT2D eigenvalue weighted by atomic mass is 9.99. The van der Waals surface area contributed by atoms with E-state index in [9.17, 15) is 0 Å². The first-order valence-corrected chi connectivity index (χ1v) is 7.16. The molecule has 106 valence electrons. The van der Waals surface area contributed by atoms with Crippen LogP contribution in [0.4, 0.5) is 11.6 Å². The zero-order valence-corrected chi connectivity index (χ0v) is 12.0. The van der Waals surface area contributed by atoms with Gasteiger partial charge in [0.15, 0.2) is 5.65 Å². The van der Waals surface area contributed by atoms with Crippen molar-refractivity contribution in [3.63, 3.8) is 0 Å². The smallest absolute Gasteiger partial charge is 0.240 e. The maximum atomic E-state index is 5.69. The van der Waals surface area contributed by atoms with Gasteiger partial charge in [0.1, 0.15) is 0 Å². The number of pyridine rings is 1. The van der Waals surface area contributed by atoms with E-state index in [0.717, 1.165) is 30.9 Å². The minimum Gasteiger partial charge on any atom is -0.366 e. The Bertz CT molecular complexity index is 821. The molecule has 2 aromatic heterocycles. The molecule has 1 aromatic carbocycles. The molecule has 5 heteroatoms. The van der Waals surface area contributed by atoms with Crippen molar-refractivity contribution in [1.82, 2.24) is 14.6 Å². The van der Waals surface area contributed by atoms with Crippen LogP contribution in [-0.4, -0.2) is 21.1 Å². The van der Waals surface area contributed by atoms with Gasteiger partial charge in [-0.25, -0.2) is 4.52 Å². The van der Waals surface area contributed by atoms with Gasteiger partial charge >= 0.3 is 0 Å². The second-order valence-electron chi connectivity index (χ2n) is 5.48. The lowest BCUT2D eigenvalue weighted by molar-refractivity contribution is 0.722. The zero-order valence-electron chi connectivity index (χ0n) is 12.0. The molecule has 5 nitrogen and oxygen atoms in total. The summed E-state index contributed by atoms with van der Waals surface area (Å²) in [6.07, 6.45) is 1.08. The Hall–Kier alpha value is -2.56. The second kappa shape index (κ2) is 4.48. The molecule has 0 fully saturated rings. The van der Waals surface area contributed by atoms with Crippen molar-refractivity contribution in [3.05, 3.63) is 53.2 Å². The van der Waals surface area contributed by atoms with Crippen LogP contribution in [0.3, 0.4) is 0 Å². The van der Waals surface area contributed by atoms with Crippen LogP contribution in [-0.2, 0) is 13.0 Å². The van der Waals surface area contributed by atoms with Crippen molar-refractivity contribution in [3.8, 4) is 0 Å². The van der Waals surface area contributed by atoms with Crippen LogP contribution in [0.5, 0.6) is 0 Å². The molecule has 4 rings (SSSR count). The van der Waals surface area contributed by atoms with Crippen LogP contribution in [0.25, 0.3) is 5.65 Å². The molecule has 1 aliphatic heterocycles. The summed E-state index contributed by atoms with van der Waals surface area (Å²) < 4.78 is 1.82. The number of nitrogens with two attached hydrogens (primary N) is 1. The number of aromatic nitrogens is 3. The number of nitrogen functional groups attached to an aromatic ring is 1. The van der Waals surface area contributed by atoms with Gasteiger partial charge < -0.3 is 10.6 Å². The number of benzene rings is 1. The van der Waals surface area contributed by atoms with Gasteiger partial charge in [-0.15, -0.1) is 5.10 Å². The van der Waals surface area contributed by atoms with E-state index in [4.69, 9.17) is 5.73 Å². The van der Waals surface area contributed by atoms with Gasteiger partial charge in [0.25, 0.3) is 0 Å². The zero-order chi connectivity index (χ0) is 14.4. The van der Waals surface area contributed by atoms with Crippen LogP contribution in [0.2, 0.25) is 0 Å². The normalized spacial score (nSPS) is 14.4. The van der Waals surface area contributed by atoms with E-state index < -0.39 is 0 Å². The lowest BCUT2D eigenvalue weighted by Gasteiger charge is -2.31. The van der Waals surface area contributed by atoms with E-state index in [1.54, 1.807) is 0 Å². The van der Waals surface area contributed by atoms with Crippen molar-refractivity contribution >= 4 is 17.3 Å². The van der Waals surface area contributed by atoms with Gasteiger partial charge in [-0.1, -0.05) is 24.3 Å². The fraction of sp³-hybridized carbons (Fsp3) is 0.250. The SMILES string of the molecule is Cc1c(N2CCc3ccccc3C2)ccc2nc(N)nn12. The standard InChI is InChI=1S/C16H17N5/c1-11-14(6-7-15-18-16(17)19-21(11)15)20-9-8-12-4-2-3-5-13(12)10-20/h2-7H,8-10H2,1H3,(H2,17,19). The largest absolute Gasteiger partial charge is 0.366 e. The van der Waals surface area contributed by atoms with Gasteiger partial charge in [0.2, 0.25) is 5.95 Å². The second-order valence-corrected chi connectivity index (χ2v) is 5.48. The third kappa shape index (κ3) is 1.93. The first-order valence-electron chi connectivity index (χ1n) is 7.16. The highest BCUT2D eigenvalue weighted by molar-refractivity contribution is 5.58. The Kier molecular flexibility index (Phi) is 2.60. The highest BCUT2D eigenvalue weighted by atomic mass is 15.3. The Balaban J connectivity index is 1.76. The first-order chi connectivity index (χ1) is 10.2. The monoisotopic (exact) mass is 279 g/mol. The minimum absolute atomic E-state index is 0.319. The molecule has 0 saturated heterocycles. The molecule has 0 spiro atoms. The summed E-state index contributed by atoms with van der Waals surface area (Å²) in [4.78, 5) is 6.61. The van der Waals surface area contributed by atoms with E-state index in [0.29, 0.717) is 5.95 Å². The van der Waals surface area contributed by atoms with Crippen molar-refractivity contribution in [1.29, 1.82) is 0 Å². The van der Waals surface area contributed by atoms with E-state index in [1.165, 1.54) is 16.8 Å². The van der Waals surface area contributed by atoms with Gasteiger partial charge in [-0.3, -0.25) is 0 Å². The highest BCUT2D eigenvalue weighted by Crippen LogP contribution is 2.27. The predicted molar refractivity (Wildman–Crippen MR) is 83.3 cm³/mol. The molecule has 1 aliphatic rings. The number of hydrogen-bond donors (Lipinski definition) is 1. The van der Waals surface area contributed by atoms with Crippen LogP contribution >= 0.6 is 0 Å². The van der Waals surface area contributed by atoms with E-state index in [-0.39, 0.29) is 0 Å². The van der Waals surface area contributed by atoms with Gasteiger partial charge in [0.05, 0.1) is 11.4 Å². The molecule has 0 aliphatic carbocycles. The maximum absolute atomic E-state index is 5.69. The van der Waals surface area contributed by atoms with Crippen LogP contribution < -0.4 is 10.6 Å². The molecule has 2 N–H and O–H groups in total. The summed E-state index contributed by atoms with van der Waals surface area (Å²) in [5.41, 5.74) is 11.6. The van der Waals surface area contributed by atoms with Crippen molar-refractivity contribution in [2.24, 2.45) is 0 Å². The number of hydrogen-bond acceptors (Lipinski definition) is 4. The topological polar surface area (TPSA) is 59.5 Å². The van der Waals surface area contributed by atoms with Crippen molar-refractivity contribution in [2.45, 2.75) is 19.9 Å². The fourth-order valence-corrected chi connectivity index (χ4v) is 3.11. The Labute approximate surface area is 123 Å². The quantitative estimate of drug-likeness (QED) is 0.741. The summed E-state index contributed by atoms with van der Waals surface area (Å²) in [7, 11) is 0. The maximum Gasteiger partial charge on any atom is 0.240 e. The van der Waals surface area contributed by atoms with Crippen molar-refractivity contribution in [2.75, 3.05) is 17.2 Å².